The van der Waals surface area contributed by atoms with Crippen molar-refractivity contribution in [2.45, 2.75) is 51.0 Å². The zero-order valence-electron chi connectivity index (χ0n) is 26.5. The number of fused-ring (bicyclic) bond motifs is 2. The number of nitrogens with zero attached hydrogens (tertiary/aromatic N) is 5. The van der Waals surface area contributed by atoms with E-state index in [9.17, 15) is 18.0 Å². The van der Waals surface area contributed by atoms with Crippen molar-refractivity contribution in [2.75, 3.05) is 18.0 Å². The maximum atomic E-state index is 15.8. The van der Waals surface area contributed by atoms with Gasteiger partial charge in [-0.15, -0.1) is 0 Å². The first-order chi connectivity index (χ1) is 22.3. The number of aldehydes is 1. The molecule has 4 heterocycles. The van der Waals surface area contributed by atoms with Crippen LogP contribution in [0.2, 0.25) is 0 Å². The molecule has 1 amide bonds. The Morgan fingerprint density at radius 2 is 1.85 bits per heavy atom. The Kier molecular flexibility index (Phi) is 8.39. The molecule has 0 N–H and O–H groups in total. The maximum Gasteiger partial charge on any atom is 0.433 e. The highest BCUT2D eigenvalue weighted by Crippen LogP contribution is 2.38. The molecule has 0 spiro atoms. The summed E-state index contributed by atoms with van der Waals surface area (Å²) in [5, 5.41) is 0.917. The van der Waals surface area contributed by atoms with Gasteiger partial charge in [-0.3, -0.25) is 9.78 Å². The Morgan fingerprint density at radius 1 is 1.09 bits per heavy atom. The monoisotopic (exact) mass is 655 g/mol. The Hall–Kier alpha value is -4.97. The largest absolute Gasteiger partial charge is 0.442 e. The average molecular weight is 656 g/mol. The molecule has 10 nitrogen and oxygen atoms in total. The number of aliphatic imine (C=N–C) groups is 1. The number of amides is 1. The smallest absolute Gasteiger partial charge is 0.433 e. The number of anilines is 1. The molecule has 47 heavy (non-hydrogen) atoms. The lowest BCUT2D eigenvalue weighted by Gasteiger charge is -2.33. The van der Waals surface area contributed by atoms with Gasteiger partial charge in [-0.05, 0) is 82.5 Å². The van der Waals surface area contributed by atoms with Gasteiger partial charge in [-0.1, -0.05) is 17.7 Å². The molecule has 0 bridgehead atoms. The van der Waals surface area contributed by atoms with Crippen LogP contribution in [-0.4, -0.2) is 59.6 Å². The molecule has 0 aliphatic carbocycles. The molecule has 1 fully saturated rings. The van der Waals surface area contributed by atoms with Gasteiger partial charge in [0.15, 0.2) is 11.9 Å². The van der Waals surface area contributed by atoms with Crippen LogP contribution in [0, 0.1) is 18.7 Å². The van der Waals surface area contributed by atoms with Crippen LogP contribution >= 0.6 is 0 Å². The molecular weight excluding hydrogens is 621 g/mol. The molecule has 3 aromatic heterocycles. The van der Waals surface area contributed by atoms with E-state index in [1.807, 2.05) is 13.0 Å². The van der Waals surface area contributed by atoms with E-state index in [-0.39, 0.29) is 27.5 Å². The van der Waals surface area contributed by atoms with Crippen molar-refractivity contribution in [1.29, 1.82) is 0 Å². The number of ether oxygens (including phenoxy) is 1. The summed E-state index contributed by atoms with van der Waals surface area (Å²) < 4.78 is 49.8. The van der Waals surface area contributed by atoms with Gasteiger partial charge in [-0.25, -0.2) is 26.6 Å². The number of carbonyl (C=O) groups is 2. The zero-order valence-corrected chi connectivity index (χ0v) is 27.3. The number of halogens is 1. The van der Waals surface area contributed by atoms with Crippen molar-refractivity contribution in [3.63, 3.8) is 0 Å². The third-order valence-corrected chi connectivity index (χ3v) is 9.68. The minimum absolute atomic E-state index is 0.0368. The van der Waals surface area contributed by atoms with E-state index in [0.717, 1.165) is 28.1 Å². The summed E-state index contributed by atoms with van der Waals surface area (Å²) >= 11 is 0. The second kappa shape index (κ2) is 12.3. The molecule has 0 radical (unpaired) electrons. The third kappa shape index (κ3) is 6.50. The number of hydrogen-bond donors (Lipinski definition) is 0. The van der Waals surface area contributed by atoms with Crippen LogP contribution in [0.25, 0.3) is 33.1 Å². The molecule has 1 saturated heterocycles. The van der Waals surface area contributed by atoms with Crippen LogP contribution in [0.3, 0.4) is 0 Å². The lowest BCUT2D eigenvalue weighted by Crippen LogP contribution is -2.36. The first kappa shape index (κ1) is 32.0. The van der Waals surface area contributed by atoms with Crippen LogP contribution in [0.1, 0.15) is 49.5 Å². The summed E-state index contributed by atoms with van der Waals surface area (Å²) in [6.07, 6.45) is 7.53. The highest BCUT2D eigenvalue weighted by Gasteiger charge is 2.26. The van der Waals surface area contributed by atoms with E-state index in [4.69, 9.17) is 4.74 Å². The topological polar surface area (TPSA) is 124 Å². The quantitative estimate of drug-likeness (QED) is 0.142. The fourth-order valence-corrected chi connectivity index (χ4v) is 7.16. The second-order valence-electron chi connectivity index (χ2n) is 12.7. The van der Waals surface area contributed by atoms with E-state index in [1.54, 1.807) is 57.4 Å². The average Bonchev–Trinajstić information content (AvgIpc) is 3.43. The molecule has 1 aliphatic heterocycles. The lowest BCUT2D eigenvalue weighted by molar-refractivity contribution is 0.0604. The number of benzene rings is 2. The van der Waals surface area contributed by atoms with Crippen molar-refractivity contribution >= 4 is 56.2 Å². The normalized spacial score (nSPS) is 15.9. The van der Waals surface area contributed by atoms with Crippen LogP contribution in [-0.2, 0) is 14.8 Å². The fourth-order valence-electron chi connectivity index (χ4n) is 5.83. The number of carbonyl (C=O) groups excluding carboxylic acids is 2. The number of rotatable bonds is 6. The van der Waals surface area contributed by atoms with Gasteiger partial charge in [0.05, 0.1) is 4.90 Å². The second-order valence-corrected chi connectivity index (χ2v) is 14.5. The Labute approximate surface area is 272 Å². The van der Waals surface area contributed by atoms with Gasteiger partial charge in [0.2, 0.25) is 0 Å². The summed E-state index contributed by atoms with van der Waals surface area (Å²) in [5.74, 6) is -0.619. The van der Waals surface area contributed by atoms with E-state index in [0.29, 0.717) is 41.3 Å². The lowest BCUT2D eigenvalue weighted by atomic mass is 9.97. The van der Waals surface area contributed by atoms with Crippen LogP contribution in [0.15, 0.2) is 77.0 Å². The predicted molar refractivity (Wildman–Crippen MR) is 179 cm³/mol. The maximum absolute atomic E-state index is 15.8. The number of hydrogen-bond acceptors (Lipinski definition) is 8. The SMILES string of the molecule is Cc1ccc(S(=O)(=O)n2cc(-c3cc(F)c4nccc(N5CCCC(C=NC(=O)OC(C)(C)C)C5)c4c3)c3cc(C=O)cnc32)cc1. The molecular formula is C35H34FN5O5S. The van der Waals surface area contributed by atoms with Crippen molar-refractivity contribution in [2.24, 2.45) is 10.9 Å². The number of aromatic nitrogens is 3. The minimum Gasteiger partial charge on any atom is -0.442 e. The number of aryl methyl sites for hydroxylation is 1. The Morgan fingerprint density at radius 3 is 2.57 bits per heavy atom. The molecule has 1 unspecified atom stereocenters. The predicted octanol–water partition coefficient (Wildman–Crippen LogP) is 6.97. The highest BCUT2D eigenvalue weighted by atomic mass is 32.2. The van der Waals surface area contributed by atoms with Gasteiger partial charge in [0, 0.05) is 71.4 Å². The summed E-state index contributed by atoms with van der Waals surface area (Å²) in [7, 11) is -4.09. The van der Waals surface area contributed by atoms with E-state index < -0.39 is 27.5 Å². The summed E-state index contributed by atoms with van der Waals surface area (Å²) in [6.45, 7) is 8.44. The van der Waals surface area contributed by atoms with Gasteiger partial charge >= 0.3 is 6.09 Å². The van der Waals surface area contributed by atoms with Crippen molar-refractivity contribution < 1.29 is 27.1 Å². The summed E-state index contributed by atoms with van der Waals surface area (Å²) in [5.41, 5.74) is 2.32. The fraction of sp³-hybridized carbons (Fsp3) is 0.286. The molecule has 2 aromatic carbocycles. The highest BCUT2D eigenvalue weighted by molar-refractivity contribution is 7.90. The first-order valence-electron chi connectivity index (χ1n) is 15.2. The Bertz CT molecular complexity index is 2150. The number of pyridine rings is 2. The van der Waals surface area contributed by atoms with Crippen LogP contribution in [0.4, 0.5) is 14.9 Å². The van der Waals surface area contributed by atoms with Crippen LogP contribution < -0.4 is 4.90 Å². The molecule has 5 aromatic rings. The van der Waals surface area contributed by atoms with E-state index in [1.165, 1.54) is 30.6 Å². The van der Waals surface area contributed by atoms with Crippen LogP contribution in [0.5, 0.6) is 0 Å². The summed E-state index contributed by atoms with van der Waals surface area (Å²) in [6, 6.07) is 12.9. The number of piperidine rings is 1. The summed E-state index contributed by atoms with van der Waals surface area (Å²) in [4.78, 5) is 38.7. The van der Waals surface area contributed by atoms with Gasteiger partial charge < -0.3 is 9.64 Å². The molecule has 6 rings (SSSR count). The van der Waals surface area contributed by atoms with E-state index >= 15 is 4.39 Å². The van der Waals surface area contributed by atoms with Crippen molar-refractivity contribution in [1.82, 2.24) is 13.9 Å². The zero-order chi connectivity index (χ0) is 33.5. The molecule has 0 saturated carbocycles. The third-order valence-electron chi connectivity index (χ3n) is 8.02. The minimum atomic E-state index is -4.09. The molecule has 12 heteroatoms. The van der Waals surface area contributed by atoms with Crippen molar-refractivity contribution in [3.8, 4) is 11.1 Å². The van der Waals surface area contributed by atoms with Crippen molar-refractivity contribution in [3.05, 3.63) is 84.1 Å². The molecule has 1 atom stereocenters. The molecule has 1 aliphatic rings. The van der Waals surface area contributed by atoms with Gasteiger partial charge in [-0.2, -0.15) is 4.99 Å². The van der Waals surface area contributed by atoms with E-state index in [2.05, 4.69) is 19.9 Å². The van der Waals surface area contributed by atoms with Gasteiger partial charge in [0.25, 0.3) is 10.0 Å². The first-order valence-corrected chi connectivity index (χ1v) is 16.7. The molecule has 242 valence electrons. The standard InChI is InChI=1S/C35H34FN5O5S/c1-22-7-9-26(10-8-22)47(44,45)41-20-29(27-14-24(21-42)18-38-33(27)41)25-15-28-31(11-12-37-32(28)30(36)16-25)40-13-5-6-23(19-40)17-39-34(43)46-35(2,3)4/h7-12,14-18,20-21,23H,5-6,13,19H2,1-4H3. The van der Waals surface area contributed by atoms with Gasteiger partial charge in [0.1, 0.15) is 16.9 Å². The Balaban J connectivity index is 1.43.